The minimum Gasteiger partial charge on any atom is -0.340 e. The van der Waals surface area contributed by atoms with Crippen molar-refractivity contribution in [3.8, 4) is 0 Å². The van der Waals surface area contributed by atoms with E-state index in [-0.39, 0.29) is 24.3 Å². The van der Waals surface area contributed by atoms with E-state index in [9.17, 15) is 9.59 Å². The molecule has 0 saturated carbocycles. The van der Waals surface area contributed by atoms with Gasteiger partial charge in [-0.15, -0.1) is 0 Å². The molecular weight excluding hydrogens is 330 g/mol. The first kappa shape index (κ1) is 18.9. The lowest BCUT2D eigenvalue weighted by molar-refractivity contribution is -0.139. The molecule has 0 aliphatic carbocycles. The van der Waals surface area contributed by atoms with Gasteiger partial charge in [-0.1, -0.05) is 0 Å². The molecule has 1 aromatic rings. The highest BCUT2D eigenvalue weighted by Crippen LogP contribution is 2.26. The number of hydrogen-bond acceptors (Lipinski definition) is 4. The number of imidazole rings is 1. The highest BCUT2D eigenvalue weighted by molar-refractivity contribution is 5.86. The summed E-state index contributed by atoms with van der Waals surface area (Å²) in [5, 5.41) is 0. The lowest BCUT2D eigenvalue weighted by Crippen LogP contribution is -2.45. The summed E-state index contributed by atoms with van der Waals surface area (Å²) in [5.41, 5.74) is 0. The Bertz CT molecular complexity index is 627. The molecule has 2 aliphatic rings. The maximum Gasteiger partial charge on any atom is 0.242 e. The number of aryl methyl sites for hydroxylation is 1. The van der Waals surface area contributed by atoms with E-state index in [1.807, 2.05) is 11.1 Å². The number of piperidine rings is 1. The summed E-state index contributed by atoms with van der Waals surface area (Å²) in [6.07, 6.45) is 8.53. The van der Waals surface area contributed by atoms with E-state index in [1.165, 1.54) is 0 Å². The number of hydrogen-bond donors (Lipinski definition) is 0. The van der Waals surface area contributed by atoms with Gasteiger partial charge in [0.25, 0.3) is 0 Å². The van der Waals surface area contributed by atoms with Crippen LogP contribution in [0.3, 0.4) is 0 Å². The van der Waals surface area contributed by atoms with Gasteiger partial charge in [-0.05, 0) is 46.3 Å². The van der Waals surface area contributed by atoms with E-state index < -0.39 is 0 Å². The largest absolute Gasteiger partial charge is 0.340 e. The van der Waals surface area contributed by atoms with Crippen molar-refractivity contribution >= 4 is 11.8 Å². The van der Waals surface area contributed by atoms with Gasteiger partial charge in [-0.2, -0.15) is 0 Å². The van der Waals surface area contributed by atoms with Crippen LogP contribution in [0.25, 0.3) is 0 Å². The third-order valence-electron chi connectivity index (χ3n) is 5.39. The van der Waals surface area contributed by atoms with Crippen molar-refractivity contribution in [2.75, 3.05) is 46.8 Å². The minimum absolute atomic E-state index is 0.0793. The number of aromatic nitrogens is 2. The van der Waals surface area contributed by atoms with Gasteiger partial charge in [-0.3, -0.25) is 9.59 Å². The molecule has 0 spiro atoms. The topological polar surface area (TPSA) is 61.7 Å². The zero-order valence-corrected chi connectivity index (χ0v) is 16.1. The Morgan fingerprint density at radius 2 is 2.15 bits per heavy atom. The van der Waals surface area contributed by atoms with E-state index in [0.717, 1.165) is 57.7 Å². The van der Waals surface area contributed by atoms with E-state index in [1.54, 1.807) is 4.90 Å². The van der Waals surface area contributed by atoms with Crippen molar-refractivity contribution < 1.29 is 9.59 Å². The van der Waals surface area contributed by atoms with Gasteiger partial charge >= 0.3 is 0 Å². The molecule has 3 rings (SSSR count). The van der Waals surface area contributed by atoms with Crippen LogP contribution < -0.4 is 0 Å². The van der Waals surface area contributed by atoms with Crippen molar-refractivity contribution in [3.05, 3.63) is 18.2 Å². The molecule has 2 aliphatic heterocycles. The molecule has 1 atom stereocenters. The molecule has 0 unspecified atom stereocenters. The fourth-order valence-electron chi connectivity index (χ4n) is 3.98. The first-order valence-corrected chi connectivity index (χ1v) is 9.76. The predicted octanol–water partition coefficient (Wildman–Crippen LogP) is 1.16. The fraction of sp³-hybridized carbons (Fsp3) is 0.737. The summed E-state index contributed by atoms with van der Waals surface area (Å²) in [6, 6.07) is 0. The Hall–Kier alpha value is -1.89. The van der Waals surface area contributed by atoms with E-state index in [0.29, 0.717) is 13.0 Å². The second kappa shape index (κ2) is 8.66. The van der Waals surface area contributed by atoms with Crippen LogP contribution in [0.15, 0.2) is 12.4 Å². The molecule has 144 valence electrons. The quantitative estimate of drug-likeness (QED) is 0.731. The monoisotopic (exact) mass is 361 g/mol. The summed E-state index contributed by atoms with van der Waals surface area (Å²) in [7, 11) is 4.18. The van der Waals surface area contributed by atoms with Crippen LogP contribution in [0.2, 0.25) is 0 Å². The average molecular weight is 361 g/mol. The van der Waals surface area contributed by atoms with Crippen LogP contribution in [0.1, 0.15) is 43.8 Å². The van der Waals surface area contributed by atoms with Gasteiger partial charge in [0.1, 0.15) is 5.82 Å². The van der Waals surface area contributed by atoms with Crippen molar-refractivity contribution in [1.29, 1.82) is 0 Å². The van der Waals surface area contributed by atoms with Crippen LogP contribution >= 0.6 is 0 Å². The number of amides is 2. The Morgan fingerprint density at radius 1 is 1.31 bits per heavy atom. The second-order valence-corrected chi connectivity index (χ2v) is 7.73. The number of carbonyl (C=O) groups excluding carboxylic acids is 2. The van der Waals surface area contributed by atoms with Crippen LogP contribution in [0.5, 0.6) is 0 Å². The lowest BCUT2D eigenvalue weighted by Gasteiger charge is -2.33. The zero-order chi connectivity index (χ0) is 18.5. The molecule has 0 aromatic carbocycles. The van der Waals surface area contributed by atoms with Crippen molar-refractivity contribution in [3.63, 3.8) is 0 Å². The molecular formula is C19H31N5O2. The highest BCUT2D eigenvalue weighted by atomic mass is 16.2. The number of rotatable bonds is 7. The molecule has 7 nitrogen and oxygen atoms in total. The molecule has 2 saturated heterocycles. The van der Waals surface area contributed by atoms with Gasteiger partial charge in [0, 0.05) is 50.9 Å². The Labute approximate surface area is 156 Å². The third-order valence-corrected chi connectivity index (χ3v) is 5.39. The van der Waals surface area contributed by atoms with Crippen molar-refractivity contribution in [1.82, 2.24) is 24.3 Å². The van der Waals surface area contributed by atoms with Crippen LogP contribution in [-0.2, 0) is 16.1 Å². The second-order valence-electron chi connectivity index (χ2n) is 7.73. The summed E-state index contributed by atoms with van der Waals surface area (Å²) < 4.78 is 2.24. The molecule has 3 heterocycles. The van der Waals surface area contributed by atoms with Crippen LogP contribution in [-0.4, -0.2) is 82.9 Å². The standard InChI is InChI=1S/C19H31N5O2/c1-21(2)9-5-12-22-13-8-20-19(22)16-6-3-10-23(14-16)18(26)15-24-11-4-7-17(24)25/h8,13,16H,3-7,9-12,14-15H2,1-2H3/t16-/m0/s1. The normalized spacial score (nSPS) is 21.0. The fourth-order valence-corrected chi connectivity index (χ4v) is 3.98. The first-order valence-electron chi connectivity index (χ1n) is 9.76. The van der Waals surface area contributed by atoms with E-state index >= 15 is 0 Å². The summed E-state index contributed by atoms with van der Waals surface area (Å²) in [4.78, 5) is 34.8. The molecule has 2 fully saturated rings. The van der Waals surface area contributed by atoms with Gasteiger partial charge in [0.15, 0.2) is 0 Å². The summed E-state index contributed by atoms with van der Waals surface area (Å²) in [5.74, 6) is 1.58. The Balaban J connectivity index is 1.57. The molecule has 2 amide bonds. The highest BCUT2D eigenvalue weighted by Gasteiger charge is 2.30. The smallest absolute Gasteiger partial charge is 0.242 e. The first-order chi connectivity index (χ1) is 12.5. The molecule has 1 aromatic heterocycles. The third kappa shape index (κ3) is 4.63. The van der Waals surface area contributed by atoms with Gasteiger partial charge in [-0.25, -0.2) is 4.98 Å². The molecule has 0 N–H and O–H groups in total. The number of likely N-dealkylation sites (tertiary alicyclic amines) is 2. The SMILES string of the molecule is CN(C)CCCn1ccnc1[C@H]1CCCN(C(=O)CN2CCCC2=O)C1. The number of nitrogens with zero attached hydrogens (tertiary/aromatic N) is 5. The molecule has 26 heavy (non-hydrogen) atoms. The summed E-state index contributed by atoms with van der Waals surface area (Å²) >= 11 is 0. The van der Waals surface area contributed by atoms with Crippen LogP contribution in [0.4, 0.5) is 0 Å². The maximum absolute atomic E-state index is 12.6. The Kier molecular flexibility index (Phi) is 6.29. The maximum atomic E-state index is 12.6. The zero-order valence-electron chi connectivity index (χ0n) is 16.1. The van der Waals surface area contributed by atoms with Gasteiger partial charge in [0.2, 0.25) is 11.8 Å². The molecule has 0 radical (unpaired) electrons. The minimum atomic E-state index is 0.0793. The molecule has 7 heteroatoms. The predicted molar refractivity (Wildman–Crippen MR) is 99.8 cm³/mol. The average Bonchev–Trinajstić information content (AvgIpc) is 3.24. The molecule has 0 bridgehead atoms. The Morgan fingerprint density at radius 3 is 2.88 bits per heavy atom. The van der Waals surface area contributed by atoms with Crippen molar-refractivity contribution in [2.24, 2.45) is 0 Å². The number of carbonyl (C=O) groups is 2. The van der Waals surface area contributed by atoms with E-state index in [2.05, 4.69) is 34.7 Å². The van der Waals surface area contributed by atoms with Gasteiger partial charge in [0.05, 0.1) is 6.54 Å². The van der Waals surface area contributed by atoms with E-state index in [4.69, 9.17) is 0 Å². The summed E-state index contributed by atoms with van der Waals surface area (Å²) in [6.45, 7) is 4.47. The lowest BCUT2D eigenvalue weighted by atomic mass is 9.97. The van der Waals surface area contributed by atoms with Crippen molar-refractivity contribution in [2.45, 2.75) is 44.6 Å². The van der Waals surface area contributed by atoms with Gasteiger partial charge < -0.3 is 19.3 Å². The van der Waals surface area contributed by atoms with Crippen LogP contribution in [0, 0.1) is 0 Å².